The number of carbonyl (C=O) groups excluding carboxylic acids is 1. The van der Waals surface area contributed by atoms with Crippen molar-refractivity contribution in [2.45, 2.75) is 19.3 Å². The smallest absolute Gasteiger partial charge is 0.232 e. The average molecular weight is 283 g/mol. The molecule has 0 aromatic carbocycles. The van der Waals surface area contributed by atoms with Gasteiger partial charge in [-0.2, -0.15) is 4.98 Å². The summed E-state index contributed by atoms with van der Waals surface area (Å²) in [6.45, 7) is 2.17. The van der Waals surface area contributed by atoms with Gasteiger partial charge in [-0.05, 0) is 18.8 Å². The molecule has 2 aliphatic heterocycles. The van der Waals surface area contributed by atoms with E-state index in [9.17, 15) is 4.79 Å². The monoisotopic (exact) mass is 282 g/mol. The molecule has 1 aromatic heterocycles. The fourth-order valence-electron chi connectivity index (χ4n) is 2.58. The first-order valence-electron chi connectivity index (χ1n) is 6.35. The van der Waals surface area contributed by atoms with Crippen molar-refractivity contribution in [3.05, 3.63) is 10.7 Å². The van der Waals surface area contributed by atoms with Crippen molar-refractivity contribution in [3.63, 3.8) is 0 Å². The molecule has 1 amide bonds. The highest BCUT2D eigenvalue weighted by molar-refractivity contribution is 6.31. The lowest BCUT2D eigenvalue weighted by Gasteiger charge is -2.26. The maximum Gasteiger partial charge on any atom is 0.232 e. The molecule has 0 spiro atoms. The van der Waals surface area contributed by atoms with Crippen LogP contribution in [0, 0.1) is 5.92 Å². The Morgan fingerprint density at radius 1 is 1.37 bits per heavy atom. The minimum absolute atomic E-state index is 0.0169. The predicted octanol–water partition coefficient (Wildman–Crippen LogP) is 1.03. The number of nitrogens with two attached hydrogens (primary N) is 1. The van der Waals surface area contributed by atoms with Crippen LogP contribution in [0.2, 0.25) is 5.15 Å². The van der Waals surface area contributed by atoms with E-state index in [-0.39, 0.29) is 23.4 Å². The lowest BCUT2D eigenvalue weighted by atomic mass is 10.00. The summed E-state index contributed by atoms with van der Waals surface area (Å²) in [7, 11) is 0. The maximum absolute atomic E-state index is 12.1. The van der Waals surface area contributed by atoms with E-state index in [0.29, 0.717) is 23.8 Å². The van der Waals surface area contributed by atoms with Crippen molar-refractivity contribution in [1.82, 2.24) is 9.97 Å². The number of amides is 1. The number of aromatic nitrogens is 2. The molecule has 1 aromatic rings. The van der Waals surface area contributed by atoms with E-state index < -0.39 is 0 Å². The quantitative estimate of drug-likeness (QED) is 0.819. The minimum atomic E-state index is 0.0169. The Morgan fingerprint density at radius 2 is 2.11 bits per heavy atom. The van der Waals surface area contributed by atoms with E-state index in [1.807, 2.05) is 0 Å². The van der Waals surface area contributed by atoms with E-state index in [1.165, 1.54) is 0 Å². The van der Waals surface area contributed by atoms with Gasteiger partial charge in [0.15, 0.2) is 0 Å². The first kappa shape index (κ1) is 12.6. The van der Waals surface area contributed by atoms with Crippen LogP contribution >= 0.6 is 11.6 Å². The normalized spacial score (nSPS) is 19.8. The second-order valence-electron chi connectivity index (χ2n) is 4.91. The van der Waals surface area contributed by atoms with E-state index in [1.54, 1.807) is 4.90 Å². The summed E-state index contributed by atoms with van der Waals surface area (Å²) in [6.07, 6.45) is 2.19. The number of fused-ring (bicyclic) bond motifs is 1. The van der Waals surface area contributed by atoms with Crippen LogP contribution in [0.3, 0.4) is 0 Å². The molecule has 0 atom stereocenters. The van der Waals surface area contributed by atoms with Crippen LogP contribution in [0.4, 0.5) is 11.8 Å². The summed E-state index contributed by atoms with van der Waals surface area (Å²) < 4.78 is 5.33. The number of nitrogens with zero attached hydrogens (tertiary/aromatic N) is 3. The molecular weight excluding hydrogens is 268 g/mol. The van der Waals surface area contributed by atoms with Gasteiger partial charge in [0, 0.05) is 25.3 Å². The third-order valence-corrected chi connectivity index (χ3v) is 3.93. The van der Waals surface area contributed by atoms with Crippen molar-refractivity contribution in [1.29, 1.82) is 0 Å². The van der Waals surface area contributed by atoms with Crippen molar-refractivity contribution in [2.75, 3.05) is 30.4 Å². The van der Waals surface area contributed by atoms with Crippen LogP contribution in [0.5, 0.6) is 0 Å². The van der Waals surface area contributed by atoms with Gasteiger partial charge >= 0.3 is 0 Å². The number of rotatable bonds is 2. The summed E-state index contributed by atoms with van der Waals surface area (Å²) in [5, 5.41) is 0.283. The Hall–Kier alpha value is -1.40. The zero-order valence-electron chi connectivity index (χ0n) is 10.4. The zero-order chi connectivity index (χ0) is 13.4. The van der Waals surface area contributed by atoms with Crippen molar-refractivity contribution >= 4 is 29.3 Å². The lowest BCUT2D eigenvalue weighted by Crippen LogP contribution is -2.35. The summed E-state index contributed by atoms with van der Waals surface area (Å²) in [4.78, 5) is 21.8. The molecule has 1 saturated heterocycles. The fraction of sp³-hybridized carbons (Fsp3) is 0.583. The van der Waals surface area contributed by atoms with Gasteiger partial charge in [0.05, 0.1) is 6.42 Å². The molecule has 0 bridgehead atoms. The molecular formula is C12H15ClN4O2. The van der Waals surface area contributed by atoms with E-state index in [2.05, 4.69) is 9.97 Å². The highest BCUT2D eigenvalue weighted by atomic mass is 35.5. The molecule has 102 valence electrons. The summed E-state index contributed by atoms with van der Waals surface area (Å²) in [6, 6.07) is 0. The summed E-state index contributed by atoms with van der Waals surface area (Å²) >= 11 is 6.02. The fourth-order valence-corrected chi connectivity index (χ4v) is 2.81. The Labute approximate surface area is 115 Å². The molecule has 3 rings (SSSR count). The highest BCUT2D eigenvalue weighted by Gasteiger charge is 2.33. The van der Waals surface area contributed by atoms with Crippen LogP contribution < -0.4 is 10.6 Å². The largest absolute Gasteiger partial charge is 0.381 e. The molecule has 1 fully saturated rings. The summed E-state index contributed by atoms with van der Waals surface area (Å²) in [5.74, 6) is 1.14. The number of hydrogen-bond donors (Lipinski definition) is 1. The number of hydrogen-bond acceptors (Lipinski definition) is 5. The van der Waals surface area contributed by atoms with Gasteiger partial charge in [0.2, 0.25) is 11.9 Å². The molecule has 2 N–H and O–H groups in total. The van der Waals surface area contributed by atoms with Crippen LogP contribution in [0.1, 0.15) is 18.4 Å². The van der Waals surface area contributed by atoms with Gasteiger partial charge in [-0.3, -0.25) is 9.69 Å². The second kappa shape index (κ2) is 4.94. The summed E-state index contributed by atoms with van der Waals surface area (Å²) in [5.41, 5.74) is 6.30. The number of ether oxygens (including phenoxy) is 1. The number of halogens is 1. The van der Waals surface area contributed by atoms with Crippen molar-refractivity contribution < 1.29 is 9.53 Å². The highest BCUT2D eigenvalue weighted by Crippen LogP contribution is 2.33. The van der Waals surface area contributed by atoms with Gasteiger partial charge in [-0.25, -0.2) is 4.98 Å². The molecule has 3 heterocycles. The van der Waals surface area contributed by atoms with E-state index in [4.69, 9.17) is 22.1 Å². The van der Waals surface area contributed by atoms with Crippen LogP contribution in [0.15, 0.2) is 0 Å². The van der Waals surface area contributed by atoms with Crippen molar-refractivity contribution in [2.24, 2.45) is 5.92 Å². The molecule has 0 radical (unpaired) electrons. The molecule has 7 heteroatoms. The third-order valence-electron chi connectivity index (χ3n) is 3.62. The first-order chi connectivity index (χ1) is 9.15. The van der Waals surface area contributed by atoms with E-state index in [0.717, 1.165) is 26.1 Å². The third kappa shape index (κ3) is 2.37. The Morgan fingerprint density at radius 3 is 2.84 bits per heavy atom. The lowest BCUT2D eigenvalue weighted by molar-refractivity contribution is -0.117. The molecule has 2 aliphatic rings. The molecule has 19 heavy (non-hydrogen) atoms. The molecule has 6 nitrogen and oxygen atoms in total. The SMILES string of the molecule is Nc1nc(Cl)c2c(n1)N(CC1CCOCC1)C(=O)C2. The van der Waals surface area contributed by atoms with Crippen molar-refractivity contribution in [3.8, 4) is 0 Å². The number of carbonyl (C=O) groups is 1. The Kier molecular flexibility index (Phi) is 3.28. The second-order valence-corrected chi connectivity index (χ2v) is 5.27. The zero-order valence-corrected chi connectivity index (χ0v) is 11.2. The van der Waals surface area contributed by atoms with Gasteiger partial charge in [-0.15, -0.1) is 0 Å². The number of anilines is 2. The standard InChI is InChI=1S/C12H15ClN4O2/c13-10-8-5-9(18)17(11(8)16-12(14)15-10)6-7-1-3-19-4-2-7/h7H,1-6H2,(H2,14,15,16). The Balaban J connectivity index is 1.85. The van der Waals surface area contributed by atoms with Crippen LogP contribution in [-0.2, 0) is 16.0 Å². The topological polar surface area (TPSA) is 81.3 Å². The van der Waals surface area contributed by atoms with Gasteiger partial charge in [0.25, 0.3) is 0 Å². The first-order valence-corrected chi connectivity index (χ1v) is 6.73. The Bertz CT molecular complexity index is 517. The van der Waals surface area contributed by atoms with Crippen LogP contribution in [0.25, 0.3) is 0 Å². The van der Waals surface area contributed by atoms with Crippen LogP contribution in [-0.4, -0.2) is 35.6 Å². The van der Waals surface area contributed by atoms with Gasteiger partial charge < -0.3 is 10.5 Å². The predicted molar refractivity (Wildman–Crippen MR) is 71.1 cm³/mol. The molecule has 0 aliphatic carbocycles. The van der Waals surface area contributed by atoms with Gasteiger partial charge in [-0.1, -0.05) is 11.6 Å². The van der Waals surface area contributed by atoms with Gasteiger partial charge in [0.1, 0.15) is 11.0 Å². The average Bonchev–Trinajstić information content (AvgIpc) is 2.69. The molecule has 0 saturated carbocycles. The number of nitrogen functional groups attached to an aromatic ring is 1. The maximum atomic E-state index is 12.1. The molecule has 0 unspecified atom stereocenters. The van der Waals surface area contributed by atoms with E-state index >= 15 is 0 Å². The minimum Gasteiger partial charge on any atom is -0.381 e.